The molecule has 22 heavy (non-hydrogen) atoms. The maximum absolute atomic E-state index is 12.4. The fraction of sp³-hybridized carbons (Fsp3) is 0.235. The van der Waals surface area contributed by atoms with Gasteiger partial charge >= 0.3 is 0 Å². The van der Waals surface area contributed by atoms with E-state index in [1.54, 1.807) is 31.4 Å². The van der Waals surface area contributed by atoms with Crippen molar-refractivity contribution in [2.45, 2.75) is 6.92 Å². The summed E-state index contributed by atoms with van der Waals surface area (Å²) >= 11 is 6.07. The normalized spacial score (nSPS) is 10.3. The van der Waals surface area contributed by atoms with Crippen molar-refractivity contribution in [2.75, 3.05) is 25.6 Å². The Balaban J connectivity index is 2.13. The number of hydrogen-bond acceptors (Lipinski definition) is 3. The number of benzene rings is 2. The van der Waals surface area contributed by atoms with Crippen molar-refractivity contribution in [2.24, 2.45) is 0 Å². The van der Waals surface area contributed by atoms with Crippen LogP contribution in [0.25, 0.3) is 0 Å². The fourth-order valence-electron chi connectivity index (χ4n) is 1.88. The number of methoxy groups -OCH3 is 1. The Bertz CT molecular complexity index is 658. The topological polar surface area (TPSA) is 47.6 Å². The quantitative estimate of drug-likeness (QED) is 0.821. The highest BCUT2D eigenvalue weighted by molar-refractivity contribution is 6.31. The summed E-state index contributed by atoms with van der Waals surface area (Å²) in [6, 6.07) is 12.5. The number of halogens is 1. The number of carbonyl (C=O) groups is 1. The minimum atomic E-state index is -0.243. The molecule has 0 saturated heterocycles. The lowest BCUT2D eigenvalue weighted by atomic mass is 10.1. The summed E-state index contributed by atoms with van der Waals surface area (Å²) in [4.78, 5) is 12.4. The lowest BCUT2D eigenvalue weighted by Gasteiger charge is -2.12. The number of rotatable bonds is 6. The van der Waals surface area contributed by atoms with Crippen LogP contribution >= 0.6 is 11.6 Å². The standard InChI is InChI=1S/C17H18ClNO3/c1-12-7-8-13(11-15(12)18)19-17(20)14-5-3-4-6-16(14)22-10-9-21-2/h3-8,11H,9-10H2,1-2H3,(H,19,20). The number of carbonyl (C=O) groups excluding carboxylic acids is 1. The van der Waals surface area contributed by atoms with E-state index in [4.69, 9.17) is 21.1 Å². The summed E-state index contributed by atoms with van der Waals surface area (Å²) in [5.74, 6) is 0.281. The van der Waals surface area contributed by atoms with Crippen molar-refractivity contribution < 1.29 is 14.3 Å². The minimum Gasteiger partial charge on any atom is -0.490 e. The largest absolute Gasteiger partial charge is 0.490 e. The average molecular weight is 320 g/mol. The van der Waals surface area contributed by atoms with Crippen molar-refractivity contribution in [3.8, 4) is 5.75 Å². The molecule has 1 N–H and O–H groups in total. The molecule has 0 fully saturated rings. The molecule has 0 radical (unpaired) electrons. The van der Waals surface area contributed by atoms with Gasteiger partial charge in [0.1, 0.15) is 12.4 Å². The first kappa shape index (κ1) is 16.3. The van der Waals surface area contributed by atoms with E-state index >= 15 is 0 Å². The van der Waals surface area contributed by atoms with Crippen molar-refractivity contribution >= 4 is 23.2 Å². The van der Waals surface area contributed by atoms with Crippen LogP contribution in [0.15, 0.2) is 42.5 Å². The maximum atomic E-state index is 12.4. The van der Waals surface area contributed by atoms with Gasteiger partial charge in [-0.25, -0.2) is 0 Å². The molecule has 0 spiro atoms. The van der Waals surface area contributed by atoms with Crippen molar-refractivity contribution in [3.63, 3.8) is 0 Å². The predicted molar refractivity (Wildman–Crippen MR) is 88.0 cm³/mol. The molecule has 2 aromatic rings. The van der Waals surface area contributed by atoms with Gasteiger partial charge in [-0.1, -0.05) is 29.8 Å². The Hall–Kier alpha value is -2.04. The number of aryl methyl sites for hydroxylation is 1. The van der Waals surface area contributed by atoms with Crippen LogP contribution < -0.4 is 10.1 Å². The summed E-state index contributed by atoms with van der Waals surface area (Å²) in [5.41, 5.74) is 2.07. The number of nitrogens with one attached hydrogen (secondary N) is 1. The van der Waals surface area contributed by atoms with Gasteiger partial charge in [0.15, 0.2) is 0 Å². The van der Waals surface area contributed by atoms with Crippen LogP contribution in [-0.4, -0.2) is 26.2 Å². The van der Waals surface area contributed by atoms with Crippen LogP contribution in [0.2, 0.25) is 5.02 Å². The predicted octanol–water partition coefficient (Wildman–Crippen LogP) is 3.93. The highest BCUT2D eigenvalue weighted by Gasteiger charge is 2.12. The van der Waals surface area contributed by atoms with Gasteiger partial charge in [0.2, 0.25) is 0 Å². The third-order valence-electron chi connectivity index (χ3n) is 3.11. The molecular formula is C17H18ClNO3. The molecule has 5 heteroatoms. The van der Waals surface area contributed by atoms with Crippen LogP contribution in [-0.2, 0) is 4.74 Å². The van der Waals surface area contributed by atoms with Crippen LogP contribution in [0.3, 0.4) is 0 Å². The van der Waals surface area contributed by atoms with Gasteiger partial charge < -0.3 is 14.8 Å². The average Bonchev–Trinajstić information content (AvgIpc) is 2.51. The molecule has 0 aromatic heterocycles. The van der Waals surface area contributed by atoms with Crippen LogP contribution in [0.1, 0.15) is 15.9 Å². The zero-order valence-electron chi connectivity index (χ0n) is 12.6. The van der Waals surface area contributed by atoms with Crippen molar-refractivity contribution in [1.29, 1.82) is 0 Å². The molecule has 0 unspecified atom stereocenters. The summed E-state index contributed by atoms with van der Waals surface area (Å²) in [5, 5.41) is 3.44. The van der Waals surface area contributed by atoms with E-state index in [1.807, 2.05) is 25.1 Å². The van der Waals surface area contributed by atoms with E-state index in [0.717, 1.165) is 5.56 Å². The van der Waals surface area contributed by atoms with Gasteiger partial charge in [-0.15, -0.1) is 0 Å². The molecule has 0 aliphatic carbocycles. The highest BCUT2D eigenvalue weighted by Crippen LogP contribution is 2.23. The molecule has 2 rings (SSSR count). The third kappa shape index (κ3) is 4.23. The molecule has 2 aromatic carbocycles. The second-order valence-electron chi connectivity index (χ2n) is 4.76. The first-order valence-electron chi connectivity index (χ1n) is 6.90. The van der Waals surface area contributed by atoms with Crippen LogP contribution in [0.5, 0.6) is 5.75 Å². The second-order valence-corrected chi connectivity index (χ2v) is 5.16. The zero-order chi connectivity index (χ0) is 15.9. The molecule has 1 amide bonds. The Kier molecular flexibility index (Phi) is 5.81. The number of hydrogen-bond donors (Lipinski definition) is 1. The van der Waals surface area contributed by atoms with Gasteiger partial charge in [-0.3, -0.25) is 4.79 Å². The van der Waals surface area contributed by atoms with Gasteiger partial charge in [-0.05, 0) is 36.8 Å². The molecule has 0 aliphatic rings. The number of para-hydroxylation sites is 1. The molecule has 0 aliphatic heterocycles. The zero-order valence-corrected chi connectivity index (χ0v) is 13.3. The molecule has 0 heterocycles. The summed E-state index contributed by atoms with van der Waals surface area (Å²) in [6.45, 7) is 2.76. The van der Waals surface area contributed by atoms with E-state index in [-0.39, 0.29) is 5.91 Å². The molecular weight excluding hydrogens is 302 g/mol. The molecule has 0 bridgehead atoms. The van der Waals surface area contributed by atoms with Crippen LogP contribution in [0.4, 0.5) is 5.69 Å². The van der Waals surface area contributed by atoms with E-state index in [9.17, 15) is 4.79 Å². The van der Waals surface area contributed by atoms with Gasteiger partial charge in [-0.2, -0.15) is 0 Å². The number of amides is 1. The van der Waals surface area contributed by atoms with Gasteiger partial charge in [0.05, 0.1) is 12.2 Å². The third-order valence-corrected chi connectivity index (χ3v) is 3.51. The molecule has 0 atom stereocenters. The smallest absolute Gasteiger partial charge is 0.259 e. The molecule has 116 valence electrons. The van der Waals surface area contributed by atoms with E-state index in [1.165, 1.54) is 0 Å². The Labute approximate surface area is 135 Å². The van der Waals surface area contributed by atoms with E-state index in [2.05, 4.69) is 5.32 Å². The number of anilines is 1. The minimum absolute atomic E-state index is 0.243. The lowest BCUT2D eigenvalue weighted by Crippen LogP contribution is -2.14. The second kappa shape index (κ2) is 7.82. The van der Waals surface area contributed by atoms with Gasteiger partial charge in [0.25, 0.3) is 5.91 Å². The van der Waals surface area contributed by atoms with Crippen molar-refractivity contribution in [3.05, 3.63) is 58.6 Å². The van der Waals surface area contributed by atoms with E-state index in [0.29, 0.717) is 35.2 Å². The Morgan fingerprint density at radius 3 is 2.68 bits per heavy atom. The summed E-state index contributed by atoms with van der Waals surface area (Å²) in [6.07, 6.45) is 0. The summed E-state index contributed by atoms with van der Waals surface area (Å²) < 4.78 is 10.5. The van der Waals surface area contributed by atoms with E-state index < -0.39 is 0 Å². The fourth-order valence-corrected chi connectivity index (χ4v) is 2.06. The number of ether oxygens (including phenoxy) is 2. The maximum Gasteiger partial charge on any atom is 0.259 e. The van der Waals surface area contributed by atoms with Crippen molar-refractivity contribution in [1.82, 2.24) is 0 Å². The Morgan fingerprint density at radius 1 is 1.18 bits per heavy atom. The monoisotopic (exact) mass is 319 g/mol. The van der Waals surface area contributed by atoms with Crippen LogP contribution in [0, 0.1) is 6.92 Å². The lowest BCUT2D eigenvalue weighted by molar-refractivity contribution is 0.101. The molecule has 0 saturated carbocycles. The Morgan fingerprint density at radius 2 is 1.95 bits per heavy atom. The first-order chi connectivity index (χ1) is 10.6. The SMILES string of the molecule is COCCOc1ccccc1C(=O)Nc1ccc(C)c(Cl)c1. The van der Waals surface area contributed by atoms with Gasteiger partial charge in [0, 0.05) is 17.8 Å². The summed E-state index contributed by atoms with van der Waals surface area (Å²) in [7, 11) is 1.60. The molecule has 4 nitrogen and oxygen atoms in total. The highest BCUT2D eigenvalue weighted by atomic mass is 35.5. The first-order valence-corrected chi connectivity index (χ1v) is 7.28.